The van der Waals surface area contributed by atoms with Crippen LogP contribution in [-0.2, 0) is 6.61 Å². The highest BCUT2D eigenvalue weighted by Crippen LogP contribution is 2.36. The summed E-state index contributed by atoms with van der Waals surface area (Å²) in [4.78, 5) is 12.8. The van der Waals surface area contributed by atoms with Crippen molar-refractivity contribution in [3.8, 4) is 5.75 Å². The number of benzene rings is 2. The first-order chi connectivity index (χ1) is 10.6. The van der Waals surface area contributed by atoms with Crippen molar-refractivity contribution < 1.29 is 14.6 Å². The van der Waals surface area contributed by atoms with Crippen molar-refractivity contribution >= 4 is 27.7 Å². The molecule has 0 spiro atoms. The lowest BCUT2D eigenvalue weighted by Gasteiger charge is -2.19. The van der Waals surface area contributed by atoms with E-state index in [1.54, 1.807) is 18.2 Å². The average Bonchev–Trinajstić information content (AvgIpc) is 3.32. The minimum Gasteiger partial charge on any atom is -0.488 e. The van der Waals surface area contributed by atoms with Crippen LogP contribution in [0.2, 0.25) is 0 Å². The van der Waals surface area contributed by atoms with Gasteiger partial charge in [0, 0.05) is 11.7 Å². The van der Waals surface area contributed by atoms with E-state index in [1.807, 2.05) is 30.3 Å². The van der Waals surface area contributed by atoms with Crippen LogP contribution in [0.1, 0.15) is 18.4 Å². The molecule has 0 unspecified atom stereocenters. The first-order valence-corrected chi connectivity index (χ1v) is 7.93. The van der Waals surface area contributed by atoms with Crippen LogP contribution in [0.15, 0.2) is 53.0 Å². The molecule has 1 aliphatic rings. The van der Waals surface area contributed by atoms with E-state index < -0.39 is 6.09 Å². The van der Waals surface area contributed by atoms with Gasteiger partial charge in [0.25, 0.3) is 0 Å². The predicted octanol–water partition coefficient (Wildman–Crippen LogP) is 4.67. The zero-order chi connectivity index (χ0) is 15.5. The number of carboxylic acid groups (broad SMARTS) is 1. The number of carbonyl (C=O) groups is 1. The predicted molar refractivity (Wildman–Crippen MR) is 88.4 cm³/mol. The van der Waals surface area contributed by atoms with Crippen molar-refractivity contribution in [1.82, 2.24) is 0 Å². The molecule has 0 aliphatic heterocycles. The summed E-state index contributed by atoms with van der Waals surface area (Å²) in [5.41, 5.74) is 1.76. The molecule has 0 bridgehead atoms. The molecule has 2 aromatic carbocycles. The molecule has 0 aromatic heterocycles. The van der Waals surface area contributed by atoms with Gasteiger partial charge in [-0.05, 0) is 52.5 Å². The van der Waals surface area contributed by atoms with E-state index in [9.17, 15) is 9.90 Å². The average molecular weight is 362 g/mol. The van der Waals surface area contributed by atoms with E-state index in [-0.39, 0.29) is 6.04 Å². The second-order valence-electron chi connectivity index (χ2n) is 5.27. The molecule has 1 amide bonds. The Hall–Kier alpha value is -2.01. The largest absolute Gasteiger partial charge is 0.488 e. The topological polar surface area (TPSA) is 49.8 Å². The summed E-state index contributed by atoms with van der Waals surface area (Å²) in [5.74, 6) is 0.703. The Morgan fingerprint density at radius 3 is 2.55 bits per heavy atom. The zero-order valence-corrected chi connectivity index (χ0v) is 13.5. The fraction of sp³-hybridized carbons (Fsp3) is 0.235. The van der Waals surface area contributed by atoms with Gasteiger partial charge in [0.05, 0.1) is 4.47 Å². The fourth-order valence-corrected chi connectivity index (χ4v) is 2.78. The molecule has 5 heteroatoms. The summed E-state index contributed by atoms with van der Waals surface area (Å²) in [6, 6.07) is 15.4. The lowest BCUT2D eigenvalue weighted by atomic mass is 10.2. The number of anilines is 1. The standard InChI is InChI=1S/C17H16BrNO3/c18-15-10-14(19(17(20)21)13-6-7-13)8-9-16(15)22-11-12-4-2-1-3-5-12/h1-5,8-10,13H,6-7,11H2,(H,20,21). The van der Waals surface area contributed by atoms with E-state index in [2.05, 4.69) is 15.9 Å². The number of halogens is 1. The number of amides is 1. The van der Waals surface area contributed by atoms with Gasteiger partial charge >= 0.3 is 6.09 Å². The number of hydrogen-bond acceptors (Lipinski definition) is 2. The highest BCUT2D eigenvalue weighted by atomic mass is 79.9. The molecular weight excluding hydrogens is 346 g/mol. The maximum Gasteiger partial charge on any atom is 0.412 e. The molecule has 1 saturated carbocycles. The monoisotopic (exact) mass is 361 g/mol. The first kappa shape index (κ1) is 14.9. The SMILES string of the molecule is O=C(O)N(c1ccc(OCc2ccccc2)c(Br)c1)C1CC1. The van der Waals surface area contributed by atoms with E-state index in [0.29, 0.717) is 18.0 Å². The minimum atomic E-state index is -0.910. The van der Waals surface area contributed by atoms with Gasteiger partial charge in [-0.3, -0.25) is 4.90 Å². The Balaban J connectivity index is 1.73. The zero-order valence-electron chi connectivity index (χ0n) is 11.9. The number of ether oxygens (including phenoxy) is 1. The van der Waals surface area contributed by atoms with Crippen LogP contribution < -0.4 is 9.64 Å². The van der Waals surface area contributed by atoms with E-state index in [0.717, 1.165) is 22.9 Å². The summed E-state index contributed by atoms with van der Waals surface area (Å²) in [7, 11) is 0. The van der Waals surface area contributed by atoms with Crippen molar-refractivity contribution in [2.24, 2.45) is 0 Å². The van der Waals surface area contributed by atoms with Crippen molar-refractivity contribution in [3.05, 3.63) is 58.6 Å². The third kappa shape index (κ3) is 3.42. The lowest BCUT2D eigenvalue weighted by Crippen LogP contribution is -2.31. The van der Waals surface area contributed by atoms with Gasteiger partial charge in [-0.1, -0.05) is 30.3 Å². The Kier molecular flexibility index (Phi) is 4.34. The summed E-state index contributed by atoms with van der Waals surface area (Å²) in [6.45, 7) is 0.476. The molecule has 1 aliphatic carbocycles. The van der Waals surface area contributed by atoms with Crippen LogP contribution in [0.5, 0.6) is 5.75 Å². The first-order valence-electron chi connectivity index (χ1n) is 7.13. The quantitative estimate of drug-likeness (QED) is 0.841. The molecule has 114 valence electrons. The molecule has 0 saturated heterocycles. The second-order valence-corrected chi connectivity index (χ2v) is 6.13. The molecule has 0 heterocycles. The normalized spacial score (nSPS) is 13.7. The molecule has 0 atom stereocenters. The third-order valence-corrected chi connectivity index (χ3v) is 4.17. The molecule has 0 radical (unpaired) electrons. The minimum absolute atomic E-state index is 0.112. The summed E-state index contributed by atoms with van der Waals surface area (Å²) < 4.78 is 6.54. The van der Waals surface area contributed by atoms with Crippen molar-refractivity contribution in [3.63, 3.8) is 0 Å². The third-order valence-electron chi connectivity index (χ3n) is 3.55. The van der Waals surface area contributed by atoms with Gasteiger partial charge in [0.1, 0.15) is 12.4 Å². The molecule has 2 aromatic rings. The fourth-order valence-electron chi connectivity index (χ4n) is 2.30. The Morgan fingerprint density at radius 2 is 1.95 bits per heavy atom. The Labute approximate surface area is 137 Å². The van der Waals surface area contributed by atoms with E-state index >= 15 is 0 Å². The smallest absolute Gasteiger partial charge is 0.412 e. The van der Waals surface area contributed by atoms with Crippen LogP contribution in [0.4, 0.5) is 10.5 Å². The van der Waals surface area contributed by atoms with Crippen molar-refractivity contribution in [2.45, 2.75) is 25.5 Å². The molecule has 1 fully saturated rings. The lowest BCUT2D eigenvalue weighted by molar-refractivity contribution is 0.201. The van der Waals surface area contributed by atoms with E-state index in [1.165, 1.54) is 4.90 Å². The molecule has 22 heavy (non-hydrogen) atoms. The molecule has 1 N–H and O–H groups in total. The summed E-state index contributed by atoms with van der Waals surface area (Å²) >= 11 is 3.46. The van der Waals surface area contributed by atoms with Gasteiger partial charge in [-0.2, -0.15) is 0 Å². The summed E-state index contributed by atoms with van der Waals surface area (Å²) in [6.07, 6.45) is 0.944. The molecule has 4 nitrogen and oxygen atoms in total. The number of nitrogens with zero attached hydrogens (tertiary/aromatic N) is 1. The molecular formula is C17H16BrNO3. The maximum atomic E-state index is 11.4. The summed E-state index contributed by atoms with van der Waals surface area (Å²) in [5, 5.41) is 9.33. The maximum absolute atomic E-state index is 11.4. The van der Waals surface area contributed by atoms with Gasteiger partial charge in [-0.15, -0.1) is 0 Å². The Bertz CT molecular complexity index is 671. The van der Waals surface area contributed by atoms with E-state index in [4.69, 9.17) is 4.74 Å². The molecule has 3 rings (SSSR count). The highest BCUT2D eigenvalue weighted by molar-refractivity contribution is 9.10. The van der Waals surface area contributed by atoms with Crippen LogP contribution in [0.3, 0.4) is 0 Å². The van der Waals surface area contributed by atoms with Crippen molar-refractivity contribution in [2.75, 3.05) is 4.90 Å². The highest BCUT2D eigenvalue weighted by Gasteiger charge is 2.33. The Morgan fingerprint density at radius 1 is 1.23 bits per heavy atom. The van der Waals surface area contributed by atoms with Crippen LogP contribution >= 0.6 is 15.9 Å². The van der Waals surface area contributed by atoms with Gasteiger partial charge in [0.2, 0.25) is 0 Å². The van der Waals surface area contributed by atoms with Crippen LogP contribution in [0.25, 0.3) is 0 Å². The second kappa shape index (κ2) is 6.40. The number of rotatable bonds is 5. The van der Waals surface area contributed by atoms with Crippen molar-refractivity contribution in [1.29, 1.82) is 0 Å². The van der Waals surface area contributed by atoms with Crippen LogP contribution in [-0.4, -0.2) is 17.2 Å². The van der Waals surface area contributed by atoms with Gasteiger partial charge in [0.15, 0.2) is 0 Å². The van der Waals surface area contributed by atoms with Crippen LogP contribution in [0, 0.1) is 0 Å². The van der Waals surface area contributed by atoms with Gasteiger partial charge < -0.3 is 9.84 Å². The number of hydrogen-bond donors (Lipinski definition) is 1. The van der Waals surface area contributed by atoms with Gasteiger partial charge in [-0.25, -0.2) is 4.79 Å².